The zero-order valence-corrected chi connectivity index (χ0v) is 16.1. The maximum atomic E-state index is 13.5. The van der Waals surface area contributed by atoms with Crippen molar-refractivity contribution in [1.29, 1.82) is 0 Å². The molecule has 7 heteroatoms. The van der Waals surface area contributed by atoms with Gasteiger partial charge in [-0.2, -0.15) is 0 Å². The summed E-state index contributed by atoms with van der Waals surface area (Å²) >= 11 is 0. The van der Waals surface area contributed by atoms with E-state index in [-0.39, 0.29) is 16.8 Å². The van der Waals surface area contributed by atoms with E-state index in [1.807, 2.05) is 19.9 Å². The zero-order valence-electron chi connectivity index (χ0n) is 16.1. The van der Waals surface area contributed by atoms with Gasteiger partial charge < -0.3 is 8.94 Å². The normalized spacial score (nSPS) is 15.9. The van der Waals surface area contributed by atoms with Gasteiger partial charge in [0.1, 0.15) is 17.4 Å². The number of pyridine rings is 1. The topological polar surface area (TPSA) is 89.4 Å². The van der Waals surface area contributed by atoms with Gasteiger partial charge in [-0.1, -0.05) is 11.2 Å². The van der Waals surface area contributed by atoms with Crippen molar-refractivity contribution in [1.82, 2.24) is 10.1 Å². The van der Waals surface area contributed by atoms with E-state index in [9.17, 15) is 9.59 Å². The van der Waals surface area contributed by atoms with Crippen LogP contribution in [0.15, 0.2) is 56.3 Å². The van der Waals surface area contributed by atoms with Crippen LogP contribution >= 0.6 is 0 Å². The Morgan fingerprint density at radius 1 is 1.03 bits per heavy atom. The summed E-state index contributed by atoms with van der Waals surface area (Å²) in [5.74, 6) is 0.438. The third kappa shape index (κ3) is 2.51. The summed E-state index contributed by atoms with van der Waals surface area (Å²) in [6, 6.07) is 9.87. The average Bonchev–Trinajstić information content (AvgIpc) is 3.26. The van der Waals surface area contributed by atoms with Gasteiger partial charge in [-0.25, -0.2) is 0 Å². The second-order valence-corrected chi connectivity index (χ2v) is 7.23. The van der Waals surface area contributed by atoms with Crippen molar-refractivity contribution in [3.63, 3.8) is 0 Å². The molecule has 1 aliphatic rings. The Kier molecular flexibility index (Phi) is 3.67. The van der Waals surface area contributed by atoms with E-state index in [1.165, 1.54) is 4.90 Å². The summed E-state index contributed by atoms with van der Waals surface area (Å²) in [5.41, 5.74) is 2.93. The van der Waals surface area contributed by atoms with E-state index in [0.29, 0.717) is 28.2 Å². The van der Waals surface area contributed by atoms with Crippen LogP contribution in [0, 0.1) is 20.8 Å². The number of hydrogen-bond acceptors (Lipinski definition) is 6. The monoisotopic (exact) mass is 387 g/mol. The highest BCUT2D eigenvalue weighted by atomic mass is 16.5. The lowest BCUT2D eigenvalue weighted by molar-refractivity contribution is 0.0969. The van der Waals surface area contributed by atoms with Crippen LogP contribution in [0.5, 0.6) is 0 Å². The van der Waals surface area contributed by atoms with E-state index in [0.717, 1.165) is 11.1 Å². The standard InChI is InChI=1S/C22H17N3O4/c1-11-8-14-16(9-12(11)2)28-21-18(20(14)26)19(15-6-4-5-7-23-15)25(22(21)27)17-10-13(3)29-24-17/h4-10,19H,1-3H3. The first-order valence-corrected chi connectivity index (χ1v) is 9.21. The number of carbonyl (C=O) groups excluding carboxylic acids is 1. The van der Waals surface area contributed by atoms with E-state index < -0.39 is 11.9 Å². The van der Waals surface area contributed by atoms with Crippen LogP contribution in [0.4, 0.5) is 5.82 Å². The molecule has 0 aliphatic carbocycles. The molecule has 1 atom stereocenters. The number of anilines is 1. The van der Waals surface area contributed by atoms with Crippen LogP contribution in [0.3, 0.4) is 0 Å². The highest BCUT2D eigenvalue weighted by Gasteiger charge is 2.45. The van der Waals surface area contributed by atoms with Gasteiger partial charge in [-0.3, -0.25) is 19.5 Å². The number of aromatic nitrogens is 2. The van der Waals surface area contributed by atoms with E-state index in [4.69, 9.17) is 8.94 Å². The molecule has 0 bridgehead atoms. The van der Waals surface area contributed by atoms with Gasteiger partial charge in [0.2, 0.25) is 5.76 Å². The minimum atomic E-state index is -0.745. The van der Waals surface area contributed by atoms with Crippen molar-refractivity contribution < 1.29 is 13.7 Å². The van der Waals surface area contributed by atoms with Gasteiger partial charge >= 0.3 is 0 Å². The molecule has 4 heterocycles. The fraction of sp³-hybridized carbons (Fsp3) is 0.182. The summed E-state index contributed by atoms with van der Waals surface area (Å²) in [7, 11) is 0. The molecule has 0 N–H and O–H groups in total. The van der Waals surface area contributed by atoms with Gasteiger partial charge in [0, 0.05) is 12.3 Å². The van der Waals surface area contributed by atoms with Gasteiger partial charge in [0.25, 0.3) is 5.91 Å². The summed E-state index contributed by atoms with van der Waals surface area (Å²) in [6.07, 6.45) is 1.63. The van der Waals surface area contributed by atoms with Crippen molar-refractivity contribution in [2.24, 2.45) is 0 Å². The SMILES string of the molecule is Cc1cc(N2C(=O)c3oc4cc(C)c(C)cc4c(=O)c3C2c2ccccn2)no1. The highest BCUT2D eigenvalue weighted by molar-refractivity contribution is 6.10. The summed E-state index contributed by atoms with van der Waals surface area (Å²) < 4.78 is 11.1. The molecule has 1 aromatic carbocycles. The van der Waals surface area contributed by atoms with Crippen LogP contribution < -0.4 is 10.3 Å². The third-order valence-corrected chi connectivity index (χ3v) is 5.32. The number of rotatable bonds is 2. The number of fused-ring (bicyclic) bond motifs is 2. The van der Waals surface area contributed by atoms with Crippen molar-refractivity contribution in [2.75, 3.05) is 4.90 Å². The van der Waals surface area contributed by atoms with Crippen LogP contribution in [-0.4, -0.2) is 16.0 Å². The minimum absolute atomic E-state index is 0.0158. The molecule has 5 rings (SSSR count). The second-order valence-electron chi connectivity index (χ2n) is 7.23. The summed E-state index contributed by atoms with van der Waals surface area (Å²) in [5, 5.41) is 4.44. The minimum Gasteiger partial charge on any atom is -0.450 e. The predicted octanol–water partition coefficient (Wildman–Crippen LogP) is 3.85. The Hall–Kier alpha value is -3.74. The summed E-state index contributed by atoms with van der Waals surface area (Å²) in [4.78, 5) is 32.6. The Bertz CT molecular complexity index is 1340. The lowest BCUT2D eigenvalue weighted by Crippen LogP contribution is -2.30. The molecular weight excluding hydrogens is 370 g/mol. The summed E-state index contributed by atoms with van der Waals surface area (Å²) in [6.45, 7) is 5.61. The van der Waals surface area contributed by atoms with Gasteiger partial charge in [0.05, 0.1) is 16.6 Å². The highest BCUT2D eigenvalue weighted by Crippen LogP contribution is 2.40. The van der Waals surface area contributed by atoms with Gasteiger partial charge in [0.15, 0.2) is 11.2 Å². The number of aryl methyl sites for hydroxylation is 3. The number of nitrogens with zero attached hydrogens (tertiary/aromatic N) is 3. The smallest absolute Gasteiger partial charge is 0.296 e. The van der Waals surface area contributed by atoms with E-state index in [1.54, 1.807) is 43.5 Å². The average molecular weight is 387 g/mol. The Morgan fingerprint density at radius 3 is 2.52 bits per heavy atom. The Labute approximate surface area is 165 Å². The van der Waals surface area contributed by atoms with Crippen molar-refractivity contribution in [3.8, 4) is 0 Å². The maximum absolute atomic E-state index is 13.5. The molecule has 4 aromatic rings. The third-order valence-electron chi connectivity index (χ3n) is 5.32. The Morgan fingerprint density at radius 2 is 1.83 bits per heavy atom. The lowest BCUT2D eigenvalue weighted by atomic mass is 10.0. The molecule has 1 amide bonds. The second kappa shape index (κ2) is 6.13. The first-order valence-electron chi connectivity index (χ1n) is 9.21. The molecule has 1 unspecified atom stereocenters. The number of hydrogen-bond donors (Lipinski definition) is 0. The molecule has 0 radical (unpaired) electrons. The van der Waals surface area contributed by atoms with Gasteiger partial charge in [-0.15, -0.1) is 0 Å². The number of carbonyl (C=O) groups is 1. The number of amides is 1. The molecule has 3 aromatic heterocycles. The van der Waals surface area contributed by atoms with Crippen molar-refractivity contribution in [3.05, 3.63) is 86.7 Å². The molecule has 144 valence electrons. The maximum Gasteiger partial charge on any atom is 0.296 e. The Balaban J connectivity index is 1.84. The van der Waals surface area contributed by atoms with Crippen molar-refractivity contribution in [2.45, 2.75) is 26.8 Å². The lowest BCUT2D eigenvalue weighted by Gasteiger charge is -2.21. The number of benzene rings is 1. The molecule has 29 heavy (non-hydrogen) atoms. The van der Waals surface area contributed by atoms with Crippen LogP contribution in [0.1, 0.15) is 44.7 Å². The predicted molar refractivity (Wildman–Crippen MR) is 106 cm³/mol. The molecule has 0 fully saturated rings. The van der Waals surface area contributed by atoms with Gasteiger partial charge in [-0.05, 0) is 56.2 Å². The molecule has 7 nitrogen and oxygen atoms in total. The van der Waals surface area contributed by atoms with E-state index >= 15 is 0 Å². The largest absolute Gasteiger partial charge is 0.450 e. The molecule has 0 saturated carbocycles. The van der Waals surface area contributed by atoms with Crippen molar-refractivity contribution >= 4 is 22.7 Å². The van der Waals surface area contributed by atoms with Crippen LogP contribution in [0.2, 0.25) is 0 Å². The first kappa shape index (κ1) is 17.4. The zero-order chi connectivity index (χ0) is 20.3. The molecule has 1 aliphatic heterocycles. The fourth-order valence-electron chi connectivity index (χ4n) is 3.75. The van der Waals surface area contributed by atoms with Crippen LogP contribution in [0.25, 0.3) is 11.0 Å². The molecular formula is C22H17N3O4. The quantitative estimate of drug-likeness (QED) is 0.519. The van der Waals surface area contributed by atoms with E-state index in [2.05, 4.69) is 10.1 Å². The first-order chi connectivity index (χ1) is 14.0. The van der Waals surface area contributed by atoms with Crippen LogP contribution in [-0.2, 0) is 0 Å². The molecule has 0 saturated heterocycles. The fourth-order valence-corrected chi connectivity index (χ4v) is 3.75. The molecule has 0 spiro atoms.